The second-order valence-corrected chi connectivity index (χ2v) is 5.02. The lowest BCUT2D eigenvalue weighted by Crippen LogP contribution is -1.96. The van der Waals surface area contributed by atoms with Crippen LogP contribution in [-0.4, -0.2) is 0 Å². The number of furan rings is 1. The van der Waals surface area contributed by atoms with Crippen LogP contribution in [0.1, 0.15) is 0 Å². The van der Waals surface area contributed by atoms with Crippen molar-refractivity contribution in [1.82, 2.24) is 0 Å². The van der Waals surface area contributed by atoms with Crippen molar-refractivity contribution in [2.45, 2.75) is 0 Å². The van der Waals surface area contributed by atoms with E-state index in [0.29, 0.717) is 5.76 Å². The molecular formula is C19H12O3. The van der Waals surface area contributed by atoms with Gasteiger partial charge in [-0.1, -0.05) is 60.7 Å². The van der Waals surface area contributed by atoms with Gasteiger partial charge in [0.1, 0.15) is 5.76 Å². The molecule has 3 heteroatoms. The van der Waals surface area contributed by atoms with Crippen LogP contribution in [-0.2, 0) is 0 Å². The quantitative estimate of drug-likeness (QED) is 0.536. The predicted molar refractivity (Wildman–Crippen MR) is 85.6 cm³/mol. The van der Waals surface area contributed by atoms with E-state index in [4.69, 9.17) is 8.83 Å². The van der Waals surface area contributed by atoms with Crippen LogP contribution in [0.5, 0.6) is 0 Å². The largest absolute Gasteiger partial charge is 0.425 e. The molecule has 0 aliphatic carbocycles. The molecule has 0 N–H and O–H groups in total. The van der Waals surface area contributed by atoms with Crippen LogP contribution in [0.25, 0.3) is 33.6 Å². The van der Waals surface area contributed by atoms with E-state index in [0.717, 1.165) is 22.1 Å². The van der Waals surface area contributed by atoms with Gasteiger partial charge in [-0.05, 0) is 11.6 Å². The number of hydrogen-bond acceptors (Lipinski definition) is 3. The van der Waals surface area contributed by atoms with Crippen molar-refractivity contribution in [3.05, 3.63) is 83.2 Å². The third kappa shape index (κ3) is 2.13. The van der Waals surface area contributed by atoms with E-state index in [1.165, 1.54) is 6.07 Å². The molecule has 2 aromatic carbocycles. The molecular weight excluding hydrogens is 276 g/mol. The summed E-state index contributed by atoms with van der Waals surface area (Å²) >= 11 is 0. The highest BCUT2D eigenvalue weighted by Gasteiger charge is 2.14. The zero-order valence-corrected chi connectivity index (χ0v) is 11.7. The zero-order valence-electron chi connectivity index (χ0n) is 11.7. The molecule has 0 amide bonds. The Bertz CT molecular complexity index is 980. The molecule has 0 aliphatic rings. The van der Waals surface area contributed by atoms with Crippen LogP contribution in [0.3, 0.4) is 0 Å². The van der Waals surface area contributed by atoms with Gasteiger partial charge in [0.05, 0.1) is 5.39 Å². The van der Waals surface area contributed by atoms with E-state index >= 15 is 0 Å². The van der Waals surface area contributed by atoms with Crippen LogP contribution < -0.4 is 5.63 Å². The van der Waals surface area contributed by atoms with Gasteiger partial charge in [-0.15, -0.1) is 0 Å². The molecule has 2 aromatic heterocycles. The molecule has 0 fully saturated rings. The van der Waals surface area contributed by atoms with Gasteiger partial charge in [0.25, 0.3) is 0 Å². The fourth-order valence-electron chi connectivity index (χ4n) is 2.56. The van der Waals surface area contributed by atoms with Crippen LogP contribution in [0.15, 0.2) is 86.4 Å². The summed E-state index contributed by atoms with van der Waals surface area (Å²) in [4.78, 5) is 11.8. The number of rotatable bonds is 2. The van der Waals surface area contributed by atoms with Gasteiger partial charge in [-0.25, -0.2) is 4.79 Å². The normalized spacial score (nSPS) is 10.9. The topological polar surface area (TPSA) is 43.4 Å². The number of fused-ring (bicyclic) bond motifs is 1. The van der Waals surface area contributed by atoms with E-state index in [-0.39, 0.29) is 5.78 Å². The van der Waals surface area contributed by atoms with Crippen molar-refractivity contribution >= 4 is 11.2 Å². The summed E-state index contributed by atoms with van der Waals surface area (Å²) < 4.78 is 10.9. The van der Waals surface area contributed by atoms with Crippen LogP contribution >= 0.6 is 0 Å². The summed E-state index contributed by atoms with van der Waals surface area (Å²) in [5.41, 5.74) is 2.30. The zero-order chi connectivity index (χ0) is 14.9. The Kier molecular flexibility index (Phi) is 2.90. The lowest BCUT2D eigenvalue weighted by molar-refractivity contribution is 0.456. The molecule has 0 saturated heterocycles. The maximum Gasteiger partial charge on any atom is 0.339 e. The fraction of sp³-hybridized carbons (Fsp3) is 0. The Hall–Kier alpha value is -3.07. The number of hydrogen-bond donors (Lipinski definition) is 0. The van der Waals surface area contributed by atoms with Crippen molar-refractivity contribution in [3.63, 3.8) is 0 Å². The number of benzene rings is 2. The second-order valence-electron chi connectivity index (χ2n) is 5.02. The van der Waals surface area contributed by atoms with Crippen LogP contribution in [0.2, 0.25) is 0 Å². The summed E-state index contributed by atoms with van der Waals surface area (Å²) in [7, 11) is 0. The minimum Gasteiger partial charge on any atom is -0.425 e. The third-order valence-corrected chi connectivity index (χ3v) is 3.59. The Labute approximate surface area is 126 Å². The molecule has 0 atom stereocenters. The highest BCUT2D eigenvalue weighted by molar-refractivity contribution is 5.93. The van der Waals surface area contributed by atoms with Gasteiger partial charge < -0.3 is 8.83 Å². The maximum absolute atomic E-state index is 11.8. The van der Waals surface area contributed by atoms with Gasteiger partial charge in [-0.3, -0.25) is 0 Å². The first-order valence-corrected chi connectivity index (χ1v) is 7.00. The van der Waals surface area contributed by atoms with Gasteiger partial charge >= 0.3 is 11.4 Å². The first-order chi connectivity index (χ1) is 10.8. The van der Waals surface area contributed by atoms with E-state index in [1.807, 2.05) is 66.7 Å². The predicted octanol–water partition coefficient (Wildman–Crippen LogP) is 4.72. The first-order valence-electron chi connectivity index (χ1n) is 7.00. The van der Waals surface area contributed by atoms with Crippen molar-refractivity contribution in [2.75, 3.05) is 0 Å². The van der Waals surface area contributed by atoms with Crippen LogP contribution in [0, 0.1) is 0 Å². The second kappa shape index (κ2) is 5.04. The van der Waals surface area contributed by atoms with E-state index in [2.05, 4.69) is 0 Å². The van der Waals surface area contributed by atoms with Crippen molar-refractivity contribution in [1.29, 1.82) is 0 Å². The summed E-state index contributed by atoms with van der Waals surface area (Å²) in [5.74, 6) is 0.937. The maximum atomic E-state index is 11.8. The molecule has 22 heavy (non-hydrogen) atoms. The lowest BCUT2D eigenvalue weighted by Gasteiger charge is -2.00. The third-order valence-electron chi connectivity index (χ3n) is 3.59. The fourth-order valence-corrected chi connectivity index (χ4v) is 2.56. The summed E-state index contributed by atoms with van der Waals surface area (Å²) in [6, 6.07) is 22.9. The average molecular weight is 288 g/mol. The molecule has 0 spiro atoms. The van der Waals surface area contributed by atoms with Gasteiger partial charge in [0.15, 0.2) is 0 Å². The van der Waals surface area contributed by atoms with Gasteiger partial charge in [-0.2, -0.15) is 0 Å². The molecule has 0 saturated carbocycles. The van der Waals surface area contributed by atoms with Gasteiger partial charge in [0.2, 0.25) is 0 Å². The van der Waals surface area contributed by atoms with Gasteiger partial charge in [0, 0.05) is 17.2 Å². The molecule has 0 radical (unpaired) electrons. The average Bonchev–Trinajstić information content (AvgIpc) is 2.99. The molecule has 106 valence electrons. The Morgan fingerprint density at radius 1 is 0.682 bits per heavy atom. The van der Waals surface area contributed by atoms with Crippen molar-refractivity contribution < 1.29 is 8.83 Å². The molecule has 0 aliphatic heterocycles. The molecule has 3 nitrogen and oxygen atoms in total. The monoisotopic (exact) mass is 288 g/mol. The standard InChI is InChI=1S/C19H12O3/c20-18-12-15(13-7-3-1-4-8-13)16-11-17(21-19(16)22-18)14-9-5-2-6-10-14/h1-12H. The Morgan fingerprint density at radius 3 is 2.00 bits per heavy atom. The highest BCUT2D eigenvalue weighted by atomic mass is 16.5. The lowest BCUT2D eigenvalue weighted by atomic mass is 10.0. The van der Waals surface area contributed by atoms with Crippen molar-refractivity contribution in [3.8, 4) is 22.5 Å². The minimum absolute atomic E-state index is 0.255. The van der Waals surface area contributed by atoms with E-state index in [9.17, 15) is 4.79 Å². The van der Waals surface area contributed by atoms with Crippen molar-refractivity contribution in [2.24, 2.45) is 0 Å². The molecule has 4 rings (SSSR count). The minimum atomic E-state index is -0.416. The van der Waals surface area contributed by atoms with Crippen LogP contribution in [0.4, 0.5) is 0 Å². The van der Waals surface area contributed by atoms with E-state index < -0.39 is 5.63 Å². The smallest absolute Gasteiger partial charge is 0.339 e. The Balaban J connectivity index is 1.99. The SMILES string of the molecule is O=c1cc(-c2ccccc2)c2cc(-c3ccccc3)oc2o1. The summed E-state index contributed by atoms with van der Waals surface area (Å²) in [6.07, 6.45) is 0. The molecule has 4 aromatic rings. The highest BCUT2D eigenvalue weighted by Crippen LogP contribution is 2.33. The summed E-state index contributed by atoms with van der Waals surface area (Å²) in [5, 5.41) is 0.796. The van der Waals surface area contributed by atoms with E-state index in [1.54, 1.807) is 0 Å². The molecule has 2 heterocycles. The Morgan fingerprint density at radius 2 is 1.32 bits per heavy atom. The first kappa shape index (κ1) is 12.7. The molecule has 0 bridgehead atoms. The summed E-state index contributed by atoms with van der Waals surface area (Å²) in [6.45, 7) is 0. The molecule has 0 unspecified atom stereocenters.